The van der Waals surface area contributed by atoms with E-state index in [0.29, 0.717) is 12.3 Å². The Balaban J connectivity index is 1.20. The fourth-order valence-corrected chi connectivity index (χ4v) is 5.75. The molecule has 0 aromatic carbocycles. The van der Waals surface area contributed by atoms with Gasteiger partial charge in [-0.2, -0.15) is 5.10 Å². The van der Waals surface area contributed by atoms with Crippen LogP contribution in [0.15, 0.2) is 66.6 Å². The largest absolute Gasteiger partial charge is 0.491 e. The number of nitrogens with zero attached hydrogens (tertiary/aromatic N) is 5. The molecule has 0 amide bonds. The molecular formula is C28H25N7OS. The summed E-state index contributed by atoms with van der Waals surface area (Å²) in [6.07, 6.45) is 9.86. The normalized spacial score (nSPS) is 14.2. The monoisotopic (exact) mass is 507 g/mol. The summed E-state index contributed by atoms with van der Waals surface area (Å²) in [6, 6.07) is 12.4. The third-order valence-corrected chi connectivity index (χ3v) is 7.78. The molecule has 0 bridgehead atoms. The van der Waals surface area contributed by atoms with E-state index in [2.05, 4.69) is 58.6 Å². The molecule has 1 saturated heterocycles. The molecule has 6 aromatic heterocycles. The molecule has 9 heteroatoms. The maximum Gasteiger partial charge on any atom is 0.181 e. The summed E-state index contributed by atoms with van der Waals surface area (Å²) in [5, 5.41) is 11.7. The highest BCUT2D eigenvalue weighted by Gasteiger charge is 2.16. The smallest absolute Gasteiger partial charge is 0.181 e. The Morgan fingerprint density at radius 2 is 1.89 bits per heavy atom. The number of rotatable bonds is 7. The SMILES string of the molecule is c1csc(-c2nccc3[nH]c(-c4[nH]nc5ncc(-c6cncc(OCCN7CCCC7)c6)cc45)cc23)c1. The summed E-state index contributed by atoms with van der Waals surface area (Å²) in [5.41, 5.74) is 6.43. The molecule has 8 nitrogen and oxygen atoms in total. The van der Waals surface area contributed by atoms with E-state index in [0.717, 1.165) is 61.7 Å². The van der Waals surface area contributed by atoms with Gasteiger partial charge in [0.1, 0.15) is 12.4 Å². The number of likely N-dealkylation sites (tertiary alicyclic amines) is 1. The predicted molar refractivity (Wildman–Crippen MR) is 147 cm³/mol. The second-order valence-electron chi connectivity index (χ2n) is 9.28. The first kappa shape index (κ1) is 22.1. The van der Waals surface area contributed by atoms with Gasteiger partial charge in [0.2, 0.25) is 0 Å². The van der Waals surface area contributed by atoms with Crippen LogP contribution in [-0.4, -0.2) is 61.3 Å². The molecule has 37 heavy (non-hydrogen) atoms. The third kappa shape index (κ3) is 4.26. The first-order valence-electron chi connectivity index (χ1n) is 12.5. The van der Waals surface area contributed by atoms with Crippen molar-refractivity contribution in [2.75, 3.05) is 26.2 Å². The van der Waals surface area contributed by atoms with E-state index >= 15 is 0 Å². The Morgan fingerprint density at radius 3 is 2.78 bits per heavy atom. The van der Waals surface area contributed by atoms with Crippen LogP contribution in [0.25, 0.3) is 55.0 Å². The number of fused-ring (bicyclic) bond motifs is 2. The van der Waals surface area contributed by atoms with Gasteiger partial charge in [-0.1, -0.05) is 6.07 Å². The molecule has 6 aromatic rings. The van der Waals surface area contributed by atoms with Gasteiger partial charge in [0.05, 0.1) is 28.2 Å². The number of aromatic amines is 2. The minimum absolute atomic E-state index is 0.664. The van der Waals surface area contributed by atoms with E-state index in [-0.39, 0.29) is 0 Å². The maximum absolute atomic E-state index is 6.02. The van der Waals surface area contributed by atoms with E-state index in [9.17, 15) is 0 Å². The zero-order chi connectivity index (χ0) is 24.6. The Labute approximate surface area is 217 Å². The molecular weight excluding hydrogens is 482 g/mol. The lowest BCUT2D eigenvalue weighted by Gasteiger charge is -2.15. The third-order valence-electron chi connectivity index (χ3n) is 6.90. The van der Waals surface area contributed by atoms with Crippen molar-refractivity contribution in [2.45, 2.75) is 12.8 Å². The summed E-state index contributed by atoms with van der Waals surface area (Å²) < 4.78 is 6.02. The summed E-state index contributed by atoms with van der Waals surface area (Å²) in [5.74, 6) is 0.772. The van der Waals surface area contributed by atoms with Crippen molar-refractivity contribution in [1.29, 1.82) is 0 Å². The summed E-state index contributed by atoms with van der Waals surface area (Å²) >= 11 is 1.69. The van der Waals surface area contributed by atoms with Crippen LogP contribution in [0.1, 0.15) is 12.8 Å². The Hall–Kier alpha value is -4.08. The number of ether oxygens (including phenoxy) is 1. The van der Waals surface area contributed by atoms with E-state index in [4.69, 9.17) is 4.74 Å². The van der Waals surface area contributed by atoms with Crippen molar-refractivity contribution in [1.82, 2.24) is 35.0 Å². The van der Waals surface area contributed by atoms with Gasteiger partial charge in [0, 0.05) is 52.6 Å². The molecule has 7 rings (SSSR count). The zero-order valence-corrected chi connectivity index (χ0v) is 21.0. The van der Waals surface area contributed by atoms with Crippen molar-refractivity contribution >= 4 is 33.3 Å². The summed E-state index contributed by atoms with van der Waals surface area (Å²) in [6.45, 7) is 3.95. The van der Waals surface area contributed by atoms with E-state index in [1.807, 2.05) is 36.8 Å². The molecule has 2 N–H and O–H groups in total. The fraction of sp³-hybridized carbons (Fsp3) is 0.214. The standard InChI is InChI=1S/C28H25N7OS/c1-2-8-35(7-1)9-10-36-20-12-18(15-29-17-20)19-13-22-26(33-34-28(22)31-16-19)24-14-21-23(32-24)5-6-30-27(21)25-4-3-11-37-25/h3-6,11-17,32H,1-2,7-10H2,(H,31,33,34). The minimum Gasteiger partial charge on any atom is -0.491 e. The van der Waals surface area contributed by atoms with Crippen LogP contribution in [0.5, 0.6) is 5.75 Å². The molecule has 0 atom stereocenters. The molecule has 0 saturated carbocycles. The van der Waals surface area contributed by atoms with E-state index in [1.54, 1.807) is 17.5 Å². The lowest BCUT2D eigenvalue weighted by Crippen LogP contribution is -2.25. The summed E-state index contributed by atoms with van der Waals surface area (Å²) in [7, 11) is 0. The van der Waals surface area contributed by atoms with Crippen LogP contribution in [0.2, 0.25) is 0 Å². The number of aromatic nitrogens is 6. The Morgan fingerprint density at radius 1 is 0.973 bits per heavy atom. The molecule has 0 unspecified atom stereocenters. The van der Waals surface area contributed by atoms with Crippen molar-refractivity contribution in [2.24, 2.45) is 0 Å². The summed E-state index contributed by atoms with van der Waals surface area (Å²) in [4.78, 5) is 20.8. The zero-order valence-electron chi connectivity index (χ0n) is 20.1. The van der Waals surface area contributed by atoms with Gasteiger partial charge < -0.3 is 9.72 Å². The number of thiophene rings is 1. The number of H-pyrrole nitrogens is 2. The van der Waals surface area contributed by atoms with Crippen LogP contribution in [0.4, 0.5) is 0 Å². The van der Waals surface area contributed by atoms with Crippen molar-refractivity contribution in [3.63, 3.8) is 0 Å². The number of nitrogens with one attached hydrogen (secondary N) is 2. The van der Waals surface area contributed by atoms with Crippen LogP contribution in [0.3, 0.4) is 0 Å². The van der Waals surface area contributed by atoms with Gasteiger partial charge in [-0.25, -0.2) is 4.98 Å². The Bertz CT molecular complexity index is 1680. The Kier molecular flexibility index (Phi) is 5.64. The molecule has 0 radical (unpaired) electrons. The lowest BCUT2D eigenvalue weighted by atomic mass is 10.1. The van der Waals surface area contributed by atoms with Crippen LogP contribution in [-0.2, 0) is 0 Å². The van der Waals surface area contributed by atoms with Gasteiger partial charge in [-0.05, 0) is 61.6 Å². The molecule has 0 spiro atoms. The van der Waals surface area contributed by atoms with Crippen LogP contribution in [0, 0.1) is 0 Å². The molecule has 1 fully saturated rings. The number of hydrogen-bond acceptors (Lipinski definition) is 7. The molecule has 1 aliphatic heterocycles. The van der Waals surface area contributed by atoms with Gasteiger partial charge in [-0.3, -0.25) is 20.0 Å². The highest BCUT2D eigenvalue weighted by Crippen LogP contribution is 2.35. The lowest BCUT2D eigenvalue weighted by molar-refractivity contribution is 0.237. The van der Waals surface area contributed by atoms with Crippen molar-refractivity contribution in [3.8, 4) is 38.8 Å². The van der Waals surface area contributed by atoms with Crippen molar-refractivity contribution in [3.05, 3.63) is 66.6 Å². The average Bonchev–Trinajstić information content (AvgIpc) is 3.74. The number of pyridine rings is 3. The van der Waals surface area contributed by atoms with Crippen molar-refractivity contribution < 1.29 is 4.74 Å². The highest BCUT2D eigenvalue weighted by atomic mass is 32.1. The minimum atomic E-state index is 0.664. The average molecular weight is 508 g/mol. The van der Waals surface area contributed by atoms with Crippen LogP contribution >= 0.6 is 11.3 Å². The quantitative estimate of drug-likeness (QED) is 0.285. The molecule has 1 aliphatic rings. The molecule has 7 heterocycles. The molecule has 0 aliphatic carbocycles. The highest BCUT2D eigenvalue weighted by molar-refractivity contribution is 7.13. The topological polar surface area (TPSA) is 95.6 Å². The predicted octanol–water partition coefficient (Wildman–Crippen LogP) is 5.77. The second kappa shape index (κ2) is 9.42. The van der Waals surface area contributed by atoms with E-state index in [1.165, 1.54) is 25.9 Å². The maximum atomic E-state index is 6.02. The number of hydrogen-bond donors (Lipinski definition) is 2. The van der Waals surface area contributed by atoms with E-state index < -0.39 is 0 Å². The molecule has 184 valence electrons. The van der Waals surface area contributed by atoms with Crippen LogP contribution < -0.4 is 4.74 Å². The van der Waals surface area contributed by atoms with Gasteiger partial charge in [0.15, 0.2) is 5.65 Å². The van der Waals surface area contributed by atoms with Gasteiger partial charge in [0.25, 0.3) is 0 Å². The van der Waals surface area contributed by atoms with Gasteiger partial charge in [-0.15, -0.1) is 11.3 Å². The fourth-order valence-electron chi connectivity index (χ4n) is 5.02. The first-order valence-corrected chi connectivity index (χ1v) is 13.4. The second-order valence-corrected chi connectivity index (χ2v) is 10.2. The van der Waals surface area contributed by atoms with Gasteiger partial charge >= 0.3 is 0 Å². The first-order chi connectivity index (χ1) is 18.3.